The molecule has 4 nitrogen and oxygen atoms in total. The van der Waals surface area contributed by atoms with E-state index < -0.39 is 6.10 Å². The molecule has 0 radical (unpaired) electrons. The normalized spacial score (nSPS) is 14.5. The van der Waals surface area contributed by atoms with Crippen LogP contribution in [0, 0.1) is 0 Å². The first-order valence-corrected chi connectivity index (χ1v) is 10.0. The van der Waals surface area contributed by atoms with Crippen molar-refractivity contribution < 1.29 is 5.11 Å². The minimum atomic E-state index is -0.511. The monoisotopic (exact) mass is 390 g/mol. The highest BCUT2D eigenvalue weighted by atomic mass is 35.5. The number of thiophene rings is 1. The summed E-state index contributed by atoms with van der Waals surface area (Å²) in [5.41, 5.74) is 3.30. The van der Waals surface area contributed by atoms with Crippen LogP contribution in [0.1, 0.15) is 23.5 Å². The highest BCUT2D eigenvalue weighted by Gasteiger charge is 2.22. The lowest BCUT2D eigenvalue weighted by atomic mass is 10.1. The van der Waals surface area contributed by atoms with E-state index in [1.165, 1.54) is 4.68 Å². The quantitative estimate of drug-likeness (QED) is 0.708. The zero-order chi connectivity index (χ0) is 17.6. The summed E-state index contributed by atoms with van der Waals surface area (Å²) in [7, 11) is 0. The maximum atomic E-state index is 12.5. The zero-order valence-electron chi connectivity index (χ0n) is 13.4. The van der Waals surface area contributed by atoms with Crippen LogP contribution >= 0.6 is 34.7 Å². The van der Waals surface area contributed by atoms with E-state index >= 15 is 0 Å². The average Bonchev–Trinajstić information content (AvgIpc) is 2.94. The molecule has 3 heterocycles. The lowest BCUT2D eigenvalue weighted by Crippen LogP contribution is -2.22. The second kappa shape index (κ2) is 6.61. The second-order valence-corrected chi connectivity index (χ2v) is 8.75. The molecule has 0 saturated heterocycles. The van der Waals surface area contributed by atoms with Gasteiger partial charge in [-0.2, -0.15) is 9.78 Å². The van der Waals surface area contributed by atoms with Crippen molar-refractivity contribution in [3.05, 3.63) is 62.2 Å². The van der Waals surface area contributed by atoms with Crippen LogP contribution in [0.15, 0.2) is 45.4 Å². The SMILES string of the molecule is CC(O)c1cc2c(s1)SCCc1cc(=O)n(-c3ccc(Cl)cc3)nc1-2. The van der Waals surface area contributed by atoms with Crippen molar-refractivity contribution in [2.45, 2.75) is 23.7 Å². The predicted molar refractivity (Wildman–Crippen MR) is 103 cm³/mol. The molecule has 0 saturated carbocycles. The van der Waals surface area contributed by atoms with E-state index in [0.717, 1.165) is 38.1 Å². The van der Waals surface area contributed by atoms with Crippen molar-refractivity contribution in [2.24, 2.45) is 0 Å². The highest BCUT2D eigenvalue weighted by molar-refractivity contribution is 8.01. The smallest absolute Gasteiger partial charge is 0.271 e. The summed E-state index contributed by atoms with van der Waals surface area (Å²) in [4.78, 5) is 13.5. The van der Waals surface area contributed by atoms with Crippen molar-refractivity contribution in [2.75, 3.05) is 5.75 Å². The van der Waals surface area contributed by atoms with Gasteiger partial charge < -0.3 is 5.11 Å². The number of halogens is 1. The van der Waals surface area contributed by atoms with Crippen molar-refractivity contribution >= 4 is 34.7 Å². The van der Waals surface area contributed by atoms with E-state index in [2.05, 4.69) is 5.10 Å². The first kappa shape index (κ1) is 16.8. The number of aliphatic hydroxyl groups excluding tert-OH is 1. The number of aromatic nitrogens is 2. The maximum absolute atomic E-state index is 12.5. The number of hydrogen-bond donors (Lipinski definition) is 1. The first-order valence-electron chi connectivity index (χ1n) is 7.87. The summed E-state index contributed by atoms with van der Waals surface area (Å²) < 4.78 is 2.55. The molecule has 1 unspecified atom stereocenters. The minimum absolute atomic E-state index is 0.152. The largest absolute Gasteiger partial charge is 0.388 e. The summed E-state index contributed by atoms with van der Waals surface area (Å²) >= 11 is 9.29. The molecule has 2 aromatic heterocycles. The van der Waals surface area contributed by atoms with Crippen LogP contribution in [0.4, 0.5) is 0 Å². The van der Waals surface area contributed by atoms with Crippen LogP contribution in [0.5, 0.6) is 0 Å². The number of benzene rings is 1. The highest BCUT2D eigenvalue weighted by Crippen LogP contribution is 2.43. The summed E-state index contributed by atoms with van der Waals surface area (Å²) in [6.45, 7) is 1.76. The fourth-order valence-corrected chi connectivity index (χ4v) is 5.35. The van der Waals surface area contributed by atoms with Gasteiger partial charge in [-0.3, -0.25) is 4.79 Å². The number of rotatable bonds is 2. The second-order valence-electron chi connectivity index (χ2n) is 5.87. The van der Waals surface area contributed by atoms with Crippen LogP contribution in [0.3, 0.4) is 0 Å². The molecular weight excluding hydrogens is 376 g/mol. The third-order valence-corrected chi connectivity index (χ3v) is 6.92. The Morgan fingerprint density at radius 3 is 2.76 bits per heavy atom. The van der Waals surface area contributed by atoms with E-state index in [1.807, 2.05) is 6.07 Å². The predicted octanol–water partition coefficient (Wildman–Crippen LogP) is 4.32. The summed E-state index contributed by atoms with van der Waals surface area (Å²) in [5.74, 6) is 0.895. The van der Waals surface area contributed by atoms with E-state index in [1.54, 1.807) is 60.4 Å². The molecule has 0 aliphatic carbocycles. The maximum Gasteiger partial charge on any atom is 0.271 e. The standard InChI is InChI=1S/C18H15ClN2O2S2/c1-10(22)15-9-14-17-11(6-7-24-18(14)25-15)8-16(23)21(20-17)13-4-2-12(19)3-5-13/h2-5,8-10,22H,6-7H2,1H3. The lowest BCUT2D eigenvalue weighted by molar-refractivity contribution is 0.203. The number of aliphatic hydroxyl groups is 1. The third-order valence-electron chi connectivity index (χ3n) is 4.07. The molecule has 3 aromatic rings. The first-order chi connectivity index (χ1) is 12.0. The van der Waals surface area contributed by atoms with Gasteiger partial charge in [0.05, 0.1) is 21.7 Å². The van der Waals surface area contributed by atoms with Gasteiger partial charge >= 0.3 is 0 Å². The molecule has 1 atom stereocenters. The Kier molecular flexibility index (Phi) is 4.45. The Bertz CT molecular complexity index is 993. The van der Waals surface area contributed by atoms with Crippen molar-refractivity contribution in [3.8, 4) is 16.9 Å². The van der Waals surface area contributed by atoms with Gasteiger partial charge in [-0.1, -0.05) is 11.6 Å². The van der Waals surface area contributed by atoms with Gasteiger partial charge in [0.15, 0.2) is 0 Å². The molecule has 1 N–H and O–H groups in total. The van der Waals surface area contributed by atoms with Crippen LogP contribution < -0.4 is 5.56 Å². The fraction of sp³-hybridized carbons (Fsp3) is 0.222. The summed E-state index contributed by atoms with van der Waals surface area (Å²) in [5, 5.41) is 15.2. The van der Waals surface area contributed by atoms with Crippen LogP contribution in [-0.2, 0) is 6.42 Å². The molecular formula is C18H15ClN2O2S2. The van der Waals surface area contributed by atoms with Gasteiger partial charge in [-0.25, -0.2) is 0 Å². The van der Waals surface area contributed by atoms with Crippen molar-refractivity contribution in [1.29, 1.82) is 0 Å². The Morgan fingerprint density at radius 2 is 2.04 bits per heavy atom. The number of fused-ring (bicyclic) bond motifs is 3. The van der Waals surface area contributed by atoms with Gasteiger partial charge in [0.1, 0.15) is 0 Å². The van der Waals surface area contributed by atoms with Gasteiger partial charge in [0.2, 0.25) is 0 Å². The van der Waals surface area contributed by atoms with Gasteiger partial charge in [0, 0.05) is 27.3 Å². The number of thioether (sulfide) groups is 1. The molecule has 0 spiro atoms. The van der Waals surface area contributed by atoms with E-state index in [-0.39, 0.29) is 5.56 Å². The Balaban J connectivity index is 1.91. The van der Waals surface area contributed by atoms with Gasteiger partial charge in [-0.05, 0) is 49.2 Å². The van der Waals surface area contributed by atoms with Crippen LogP contribution in [0.25, 0.3) is 16.9 Å². The number of hydrogen-bond acceptors (Lipinski definition) is 5. The van der Waals surface area contributed by atoms with Crippen LogP contribution in [0.2, 0.25) is 5.02 Å². The Morgan fingerprint density at radius 1 is 1.28 bits per heavy atom. The molecule has 7 heteroatoms. The minimum Gasteiger partial charge on any atom is -0.388 e. The Hall–Kier alpha value is -1.60. The molecule has 0 fully saturated rings. The van der Waals surface area contributed by atoms with Gasteiger partial charge in [-0.15, -0.1) is 23.1 Å². The van der Waals surface area contributed by atoms with E-state index in [4.69, 9.17) is 11.6 Å². The molecule has 1 aliphatic rings. The third kappa shape index (κ3) is 3.15. The molecule has 1 aliphatic heterocycles. The molecule has 0 bridgehead atoms. The summed E-state index contributed by atoms with van der Waals surface area (Å²) in [6, 6.07) is 10.7. The molecule has 128 valence electrons. The topological polar surface area (TPSA) is 55.1 Å². The molecule has 4 rings (SSSR count). The molecule has 0 amide bonds. The number of nitrogens with zero attached hydrogens (tertiary/aromatic N) is 2. The Labute approximate surface area is 158 Å². The van der Waals surface area contributed by atoms with Gasteiger partial charge in [0.25, 0.3) is 5.56 Å². The summed E-state index contributed by atoms with van der Waals surface area (Å²) in [6.07, 6.45) is 0.290. The van der Waals surface area contributed by atoms with E-state index in [0.29, 0.717) is 10.7 Å². The molecule has 25 heavy (non-hydrogen) atoms. The molecule has 1 aromatic carbocycles. The average molecular weight is 391 g/mol. The van der Waals surface area contributed by atoms with Crippen molar-refractivity contribution in [3.63, 3.8) is 0 Å². The fourth-order valence-electron chi connectivity index (χ4n) is 2.80. The van der Waals surface area contributed by atoms with E-state index in [9.17, 15) is 9.90 Å². The lowest BCUT2D eigenvalue weighted by Gasteiger charge is -2.10. The van der Waals surface area contributed by atoms with Crippen molar-refractivity contribution in [1.82, 2.24) is 9.78 Å². The zero-order valence-corrected chi connectivity index (χ0v) is 15.8. The van der Waals surface area contributed by atoms with Crippen LogP contribution in [-0.4, -0.2) is 20.6 Å². The number of aryl methyl sites for hydroxylation is 1.